The van der Waals surface area contributed by atoms with E-state index >= 15 is 0 Å². The molecule has 110 valence electrons. The van der Waals surface area contributed by atoms with Gasteiger partial charge in [0, 0.05) is 17.1 Å². The molecule has 9 heteroatoms. The van der Waals surface area contributed by atoms with Crippen molar-refractivity contribution in [3.05, 3.63) is 42.4 Å². The fraction of sp³-hybridized carbons (Fsp3) is 0.0769. The van der Waals surface area contributed by atoms with Crippen molar-refractivity contribution in [1.29, 1.82) is 0 Å². The number of hydrogen-bond donors (Lipinski definition) is 0. The fourth-order valence-electron chi connectivity index (χ4n) is 2.12. The first-order valence-corrected chi connectivity index (χ1v) is 6.98. The minimum absolute atomic E-state index is 0.105. The first-order valence-electron chi connectivity index (χ1n) is 6.17. The van der Waals surface area contributed by atoms with E-state index in [2.05, 4.69) is 20.3 Å². The number of aromatic nitrogens is 5. The van der Waals surface area contributed by atoms with Gasteiger partial charge in [-0.25, -0.2) is 0 Å². The monoisotopic (exact) mass is 321 g/mol. The molecule has 0 aliphatic heterocycles. The summed E-state index contributed by atoms with van der Waals surface area (Å²) >= 11 is 1.05. The molecule has 0 saturated heterocycles. The van der Waals surface area contributed by atoms with Crippen LogP contribution in [0.2, 0.25) is 0 Å². The molecule has 4 aromatic rings. The molecule has 1 aromatic carbocycles. The number of fused-ring (bicyclic) bond motifs is 2. The van der Waals surface area contributed by atoms with Gasteiger partial charge in [0.05, 0.1) is 5.52 Å². The molecule has 0 unspecified atom stereocenters. The van der Waals surface area contributed by atoms with Crippen LogP contribution >= 0.6 is 11.3 Å². The van der Waals surface area contributed by atoms with Crippen LogP contribution in [0.5, 0.6) is 0 Å². The molecule has 0 bridgehead atoms. The lowest BCUT2D eigenvalue weighted by Crippen LogP contribution is -2.11. The topological polar surface area (TPSA) is 56.0 Å². The molecule has 0 radical (unpaired) electrons. The van der Waals surface area contributed by atoms with Gasteiger partial charge in [-0.2, -0.15) is 22.8 Å². The number of halogens is 3. The molecule has 0 N–H and O–H groups in total. The molecule has 22 heavy (non-hydrogen) atoms. The van der Waals surface area contributed by atoms with Crippen molar-refractivity contribution >= 4 is 27.2 Å². The van der Waals surface area contributed by atoms with Gasteiger partial charge >= 0.3 is 6.18 Å². The van der Waals surface area contributed by atoms with E-state index in [1.54, 1.807) is 24.4 Å². The average Bonchev–Trinajstić information content (AvgIpc) is 3.05. The smallest absolute Gasteiger partial charge is 0.256 e. The number of benzene rings is 1. The molecule has 3 aromatic heterocycles. The van der Waals surface area contributed by atoms with Gasteiger partial charge in [0.1, 0.15) is 5.01 Å². The van der Waals surface area contributed by atoms with Gasteiger partial charge in [0.2, 0.25) is 4.96 Å². The maximum absolute atomic E-state index is 12.8. The Morgan fingerprint density at radius 2 is 1.95 bits per heavy atom. The zero-order chi connectivity index (χ0) is 15.3. The summed E-state index contributed by atoms with van der Waals surface area (Å²) in [6, 6.07) is 9.09. The van der Waals surface area contributed by atoms with Gasteiger partial charge in [-0.3, -0.25) is 4.98 Å². The normalized spacial score (nSPS) is 12.3. The quantitative estimate of drug-likeness (QED) is 0.539. The zero-order valence-electron chi connectivity index (χ0n) is 10.7. The van der Waals surface area contributed by atoms with E-state index in [0.29, 0.717) is 10.6 Å². The Balaban J connectivity index is 1.87. The van der Waals surface area contributed by atoms with Gasteiger partial charge in [-0.15, -0.1) is 10.2 Å². The third kappa shape index (κ3) is 2.01. The second-order valence-corrected chi connectivity index (χ2v) is 5.49. The van der Waals surface area contributed by atoms with E-state index in [-0.39, 0.29) is 4.96 Å². The lowest BCUT2D eigenvalue weighted by molar-refractivity contribution is -0.146. The summed E-state index contributed by atoms with van der Waals surface area (Å²) in [5.74, 6) is -1.12. The van der Waals surface area contributed by atoms with Crippen molar-refractivity contribution in [2.75, 3.05) is 0 Å². The zero-order valence-corrected chi connectivity index (χ0v) is 11.6. The fourth-order valence-corrected chi connectivity index (χ4v) is 2.95. The predicted octanol–water partition coefficient (Wildman–Crippen LogP) is 3.42. The van der Waals surface area contributed by atoms with Crippen molar-refractivity contribution in [3.63, 3.8) is 0 Å². The summed E-state index contributed by atoms with van der Waals surface area (Å²) in [4.78, 5) is 4.31. The Morgan fingerprint density at radius 3 is 2.77 bits per heavy atom. The van der Waals surface area contributed by atoms with Crippen LogP contribution in [0.25, 0.3) is 26.4 Å². The highest BCUT2D eigenvalue weighted by molar-refractivity contribution is 7.19. The summed E-state index contributed by atoms with van der Waals surface area (Å²) in [6.07, 6.45) is -2.90. The maximum atomic E-state index is 12.8. The Hall–Kier alpha value is -2.55. The second kappa shape index (κ2) is 4.47. The van der Waals surface area contributed by atoms with E-state index in [4.69, 9.17) is 0 Å². The van der Waals surface area contributed by atoms with Crippen molar-refractivity contribution in [3.8, 4) is 10.6 Å². The van der Waals surface area contributed by atoms with Crippen LogP contribution in [0.3, 0.4) is 0 Å². The second-order valence-electron chi connectivity index (χ2n) is 4.53. The largest absolute Gasteiger partial charge is 0.453 e. The molecule has 0 amide bonds. The van der Waals surface area contributed by atoms with Gasteiger partial charge in [0.25, 0.3) is 5.82 Å². The lowest BCUT2D eigenvalue weighted by Gasteiger charge is -2.01. The van der Waals surface area contributed by atoms with Crippen molar-refractivity contribution in [2.45, 2.75) is 6.18 Å². The Bertz CT molecular complexity index is 988. The van der Waals surface area contributed by atoms with Crippen LogP contribution in [-0.4, -0.2) is 24.8 Å². The summed E-state index contributed by atoms with van der Waals surface area (Å²) < 4.78 is 39.1. The van der Waals surface area contributed by atoms with Gasteiger partial charge in [-0.1, -0.05) is 17.4 Å². The first kappa shape index (κ1) is 13.1. The third-order valence-corrected chi connectivity index (χ3v) is 4.04. The molecule has 5 nitrogen and oxygen atoms in total. The van der Waals surface area contributed by atoms with Crippen LogP contribution in [0.15, 0.2) is 36.5 Å². The van der Waals surface area contributed by atoms with Crippen molar-refractivity contribution < 1.29 is 13.2 Å². The summed E-state index contributed by atoms with van der Waals surface area (Å²) in [5.41, 5.74) is 1.52. The van der Waals surface area contributed by atoms with Crippen LogP contribution in [0.1, 0.15) is 5.82 Å². The SMILES string of the molecule is FC(F)(F)c1nnc2sc(-c3ccc4ncccc4c3)nn12. The first-order chi connectivity index (χ1) is 10.5. The molecule has 0 fully saturated rings. The van der Waals surface area contributed by atoms with E-state index in [0.717, 1.165) is 26.8 Å². The van der Waals surface area contributed by atoms with E-state index in [1.165, 1.54) is 0 Å². The Labute approximate surface area is 125 Å². The summed E-state index contributed by atoms with van der Waals surface area (Å²) in [7, 11) is 0. The van der Waals surface area contributed by atoms with Crippen molar-refractivity contribution in [2.24, 2.45) is 0 Å². The molecule has 3 heterocycles. The predicted molar refractivity (Wildman–Crippen MR) is 74.4 cm³/mol. The van der Waals surface area contributed by atoms with Crippen LogP contribution < -0.4 is 0 Å². The van der Waals surface area contributed by atoms with Crippen LogP contribution in [0.4, 0.5) is 13.2 Å². The standard InChI is InChI=1S/C13H6F3N5S/c14-13(15,16)11-18-19-12-21(11)20-10(22-12)8-3-4-9-7(6-8)2-1-5-17-9/h1-6H. The van der Waals surface area contributed by atoms with Gasteiger partial charge < -0.3 is 0 Å². The number of nitrogens with zero attached hydrogens (tertiary/aromatic N) is 5. The minimum Gasteiger partial charge on any atom is -0.256 e. The highest BCUT2D eigenvalue weighted by Crippen LogP contribution is 2.32. The highest BCUT2D eigenvalue weighted by Gasteiger charge is 2.38. The Morgan fingerprint density at radius 1 is 1.09 bits per heavy atom. The van der Waals surface area contributed by atoms with Crippen molar-refractivity contribution in [1.82, 2.24) is 24.8 Å². The highest BCUT2D eigenvalue weighted by atomic mass is 32.1. The van der Waals surface area contributed by atoms with E-state index < -0.39 is 12.0 Å². The molecule has 0 aliphatic carbocycles. The Kier molecular flexibility index (Phi) is 2.67. The molecule has 0 saturated carbocycles. The number of hydrogen-bond acceptors (Lipinski definition) is 5. The molecule has 0 spiro atoms. The van der Waals surface area contributed by atoms with E-state index in [9.17, 15) is 13.2 Å². The number of rotatable bonds is 1. The average molecular weight is 321 g/mol. The van der Waals surface area contributed by atoms with Gasteiger partial charge in [-0.05, 0) is 24.3 Å². The van der Waals surface area contributed by atoms with E-state index in [1.807, 2.05) is 12.1 Å². The van der Waals surface area contributed by atoms with Gasteiger partial charge in [0.15, 0.2) is 0 Å². The number of pyridine rings is 1. The summed E-state index contributed by atoms with van der Waals surface area (Å²) in [5, 5.41) is 12.0. The van der Waals surface area contributed by atoms with Crippen LogP contribution in [0, 0.1) is 0 Å². The minimum atomic E-state index is -4.59. The molecular formula is C13H6F3N5S. The molecule has 4 rings (SSSR count). The molecular weight excluding hydrogens is 315 g/mol. The van der Waals surface area contributed by atoms with Crippen LogP contribution in [-0.2, 0) is 6.18 Å². The molecule has 0 aliphatic rings. The number of alkyl halides is 3. The third-order valence-electron chi connectivity index (χ3n) is 3.09. The maximum Gasteiger partial charge on any atom is 0.453 e. The lowest BCUT2D eigenvalue weighted by atomic mass is 10.1. The summed E-state index contributed by atoms with van der Waals surface area (Å²) in [6.45, 7) is 0. The molecule has 0 atom stereocenters.